The third kappa shape index (κ3) is 4.11. The lowest BCUT2D eigenvalue weighted by molar-refractivity contribution is 0.0803. The van der Waals surface area contributed by atoms with Gasteiger partial charge in [0.05, 0.1) is 28.7 Å². The number of nitrogens with zero attached hydrogens (tertiary/aromatic N) is 4. The molecule has 3 aliphatic rings. The van der Waals surface area contributed by atoms with Gasteiger partial charge in [-0.25, -0.2) is 4.79 Å². The smallest absolute Gasteiger partial charge is 0.407 e. The van der Waals surface area contributed by atoms with Crippen LogP contribution in [-0.2, 0) is 17.8 Å². The first-order valence-corrected chi connectivity index (χ1v) is 15.2. The number of aryl methyl sites for hydroxylation is 1. The standard InChI is InChI=1S/C33H34N6O4/c1-36-15-17-37(18-16-36)13-6-12-34-33(42)43-20-11-14-38-23-9-4-2-7-21(23)25-27-28(32(41)35-31(27)40)26-22-8-3-5-10-24(22)39(19-20)30(26)29(25)38/h2-5,7-10,20H,6,11-19H2,1H3,(H,34,42)(H,35,40,41). The summed E-state index contributed by atoms with van der Waals surface area (Å²) in [6.45, 7) is 6.85. The summed E-state index contributed by atoms with van der Waals surface area (Å²) in [6, 6.07) is 16.0. The molecular weight excluding hydrogens is 544 g/mol. The van der Waals surface area contributed by atoms with Crippen molar-refractivity contribution in [3.8, 4) is 0 Å². The Morgan fingerprint density at radius 3 is 2.14 bits per heavy atom. The lowest BCUT2D eigenvalue weighted by atomic mass is 9.96. The molecule has 1 atom stereocenters. The highest BCUT2D eigenvalue weighted by atomic mass is 16.6. The molecule has 5 aromatic rings. The van der Waals surface area contributed by atoms with Crippen LogP contribution in [0.1, 0.15) is 33.6 Å². The van der Waals surface area contributed by atoms with E-state index < -0.39 is 6.09 Å². The quantitative estimate of drug-likeness (QED) is 0.242. The van der Waals surface area contributed by atoms with Crippen molar-refractivity contribution in [1.29, 1.82) is 0 Å². The number of nitrogens with one attached hydrogen (secondary N) is 2. The number of hydrogen-bond donors (Lipinski definition) is 2. The molecule has 3 aromatic carbocycles. The number of piperazine rings is 1. The van der Waals surface area contributed by atoms with Gasteiger partial charge in [-0.2, -0.15) is 0 Å². The number of benzene rings is 3. The van der Waals surface area contributed by atoms with Crippen LogP contribution in [0.4, 0.5) is 4.79 Å². The molecule has 0 aliphatic carbocycles. The van der Waals surface area contributed by atoms with E-state index in [4.69, 9.17) is 4.74 Å². The number of para-hydroxylation sites is 2. The van der Waals surface area contributed by atoms with Gasteiger partial charge in [-0.15, -0.1) is 0 Å². The molecule has 0 radical (unpaired) electrons. The van der Waals surface area contributed by atoms with Crippen LogP contribution in [0.5, 0.6) is 0 Å². The summed E-state index contributed by atoms with van der Waals surface area (Å²) in [5.41, 5.74) is 4.67. The average Bonchev–Trinajstić information content (AvgIpc) is 3.60. The number of carbonyl (C=O) groups is 3. The zero-order chi connectivity index (χ0) is 29.2. The third-order valence-electron chi connectivity index (χ3n) is 9.45. The maximum Gasteiger partial charge on any atom is 0.407 e. The van der Waals surface area contributed by atoms with Crippen LogP contribution in [0.3, 0.4) is 0 Å². The first-order valence-electron chi connectivity index (χ1n) is 15.2. The second-order valence-corrected chi connectivity index (χ2v) is 12.0. The molecule has 3 amide bonds. The molecule has 8 rings (SSSR count). The van der Waals surface area contributed by atoms with E-state index in [1.807, 2.05) is 42.5 Å². The van der Waals surface area contributed by atoms with Gasteiger partial charge in [-0.05, 0) is 32.1 Å². The van der Waals surface area contributed by atoms with E-state index in [-0.39, 0.29) is 17.9 Å². The monoisotopic (exact) mass is 578 g/mol. The maximum atomic E-state index is 13.3. The number of carbonyl (C=O) groups excluding carboxylic acids is 3. The van der Waals surface area contributed by atoms with E-state index in [9.17, 15) is 14.4 Å². The zero-order valence-corrected chi connectivity index (χ0v) is 24.2. The van der Waals surface area contributed by atoms with Gasteiger partial charge in [-0.3, -0.25) is 14.9 Å². The lowest BCUT2D eigenvalue weighted by Crippen LogP contribution is -2.45. The number of rotatable bonds is 5. The molecule has 1 saturated heterocycles. The van der Waals surface area contributed by atoms with Gasteiger partial charge in [0.25, 0.3) is 11.8 Å². The van der Waals surface area contributed by atoms with Gasteiger partial charge in [0.15, 0.2) is 0 Å². The number of ether oxygens (including phenoxy) is 1. The number of alkyl carbamates (subject to hydrolysis) is 1. The highest BCUT2D eigenvalue weighted by molar-refractivity contribution is 6.39. The number of amides is 3. The van der Waals surface area contributed by atoms with Gasteiger partial charge in [0.1, 0.15) is 6.10 Å². The first-order chi connectivity index (χ1) is 21.0. The van der Waals surface area contributed by atoms with Gasteiger partial charge in [0.2, 0.25) is 0 Å². The summed E-state index contributed by atoms with van der Waals surface area (Å²) in [4.78, 5) is 44.4. The molecule has 3 aliphatic heterocycles. The molecule has 1 unspecified atom stereocenters. The molecule has 2 aromatic heterocycles. The summed E-state index contributed by atoms with van der Waals surface area (Å²) < 4.78 is 10.5. The second kappa shape index (κ2) is 10.1. The van der Waals surface area contributed by atoms with Crippen molar-refractivity contribution in [2.24, 2.45) is 0 Å². The molecule has 5 heterocycles. The molecule has 220 valence electrons. The van der Waals surface area contributed by atoms with Crippen molar-refractivity contribution in [1.82, 2.24) is 29.6 Å². The summed E-state index contributed by atoms with van der Waals surface area (Å²) in [5, 5.41) is 8.98. The molecule has 0 saturated carbocycles. The Kier molecular flexibility index (Phi) is 6.16. The lowest BCUT2D eigenvalue weighted by Gasteiger charge is -2.32. The van der Waals surface area contributed by atoms with E-state index in [2.05, 4.69) is 42.7 Å². The van der Waals surface area contributed by atoms with Crippen LogP contribution < -0.4 is 10.6 Å². The highest BCUT2D eigenvalue weighted by Crippen LogP contribution is 2.45. The fourth-order valence-corrected chi connectivity index (χ4v) is 7.38. The van der Waals surface area contributed by atoms with E-state index in [1.54, 1.807) is 0 Å². The second-order valence-electron chi connectivity index (χ2n) is 12.0. The fraction of sp³-hybridized carbons (Fsp3) is 0.364. The molecule has 2 N–H and O–H groups in total. The summed E-state index contributed by atoms with van der Waals surface area (Å²) in [5.74, 6) is -0.721. The van der Waals surface area contributed by atoms with Crippen LogP contribution in [0.25, 0.3) is 43.6 Å². The minimum Gasteiger partial charge on any atom is -0.444 e. The van der Waals surface area contributed by atoms with Crippen molar-refractivity contribution < 1.29 is 19.1 Å². The molecule has 10 nitrogen and oxygen atoms in total. The number of fused-ring (bicyclic) bond motifs is 9. The number of likely N-dealkylation sites (N-methyl/N-ethyl adjacent to an activating group) is 1. The van der Waals surface area contributed by atoms with Crippen molar-refractivity contribution in [3.05, 3.63) is 59.7 Å². The molecular formula is C33H34N6O4. The predicted octanol–water partition coefficient (Wildman–Crippen LogP) is 3.92. The highest BCUT2D eigenvalue weighted by Gasteiger charge is 2.37. The van der Waals surface area contributed by atoms with Crippen molar-refractivity contribution in [2.75, 3.05) is 46.3 Å². The van der Waals surface area contributed by atoms with Gasteiger partial charge in [-0.1, -0.05) is 36.4 Å². The van der Waals surface area contributed by atoms with Crippen LogP contribution in [0.2, 0.25) is 0 Å². The summed E-state index contributed by atoms with van der Waals surface area (Å²) in [6.07, 6.45) is 0.694. The minimum atomic E-state index is -0.404. The molecule has 1 fully saturated rings. The fourth-order valence-electron chi connectivity index (χ4n) is 7.38. The van der Waals surface area contributed by atoms with E-state index >= 15 is 0 Å². The van der Waals surface area contributed by atoms with E-state index in [0.29, 0.717) is 37.2 Å². The SMILES string of the molecule is CN1CCN(CCCNC(=O)OC2CCn3c4ccccc4c4c5c(c6c7ccccc7n(c6c43)C2)C(=O)NC5=O)CC1. The van der Waals surface area contributed by atoms with Crippen LogP contribution in [0.15, 0.2) is 48.5 Å². The Hall–Kier alpha value is -4.41. The predicted molar refractivity (Wildman–Crippen MR) is 166 cm³/mol. The Bertz CT molecular complexity index is 1960. The molecule has 0 spiro atoms. The maximum absolute atomic E-state index is 13.3. The number of hydrogen-bond acceptors (Lipinski definition) is 6. The van der Waals surface area contributed by atoms with Crippen molar-refractivity contribution in [3.63, 3.8) is 0 Å². The zero-order valence-electron chi connectivity index (χ0n) is 24.2. The van der Waals surface area contributed by atoms with Gasteiger partial charge >= 0.3 is 6.09 Å². The van der Waals surface area contributed by atoms with Crippen LogP contribution in [-0.4, -0.2) is 89.3 Å². The minimum absolute atomic E-state index is 0.353. The molecule has 43 heavy (non-hydrogen) atoms. The molecule has 0 bridgehead atoms. The van der Waals surface area contributed by atoms with Gasteiger partial charge in [0, 0.05) is 78.3 Å². The Morgan fingerprint density at radius 1 is 0.860 bits per heavy atom. The van der Waals surface area contributed by atoms with E-state index in [1.165, 1.54) is 0 Å². The number of imide groups is 1. The van der Waals surface area contributed by atoms with Gasteiger partial charge < -0.3 is 29.0 Å². The van der Waals surface area contributed by atoms with Crippen LogP contribution >= 0.6 is 0 Å². The summed E-state index contributed by atoms with van der Waals surface area (Å²) in [7, 11) is 2.15. The Morgan fingerprint density at radius 2 is 1.47 bits per heavy atom. The van der Waals surface area contributed by atoms with E-state index in [0.717, 1.165) is 82.8 Å². The Labute approximate surface area is 248 Å². The van der Waals surface area contributed by atoms with Crippen molar-refractivity contribution >= 4 is 61.5 Å². The largest absolute Gasteiger partial charge is 0.444 e. The third-order valence-corrected chi connectivity index (χ3v) is 9.45. The average molecular weight is 579 g/mol. The summed E-state index contributed by atoms with van der Waals surface area (Å²) >= 11 is 0. The first kappa shape index (κ1) is 26.2. The number of aromatic nitrogens is 2. The molecule has 10 heteroatoms. The van der Waals surface area contributed by atoms with Crippen LogP contribution in [0, 0.1) is 0 Å². The topological polar surface area (TPSA) is 101 Å². The normalized spacial score (nSPS) is 19.3. The van der Waals surface area contributed by atoms with Crippen molar-refractivity contribution in [2.45, 2.75) is 32.0 Å². The Balaban J connectivity index is 1.17.